The molecule has 0 N–H and O–H groups in total. The second-order valence-electron chi connectivity index (χ2n) is 5.02. The first-order valence-corrected chi connectivity index (χ1v) is 6.90. The molecule has 0 aliphatic rings. The normalized spacial score (nSPS) is 10.7. The Morgan fingerprint density at radius 1 is 1.00 bits per heavy atom. The van der Waals surface area contributed by atoms with E-state index in [4.69, 9.17) is 13.9 Å². The van der Waals surface area contributed by atoms with Gasteiger partial charge in [-0.3, -0.25) is 4.79 Å². The van der Waals surface area contributed by atoms with E-state index in [1.54, 1.807) is 20.3 Å². The van der Waals surface area contributed by atoms with Gasteiger partial charge in [-0.25, -0.2) is 0 Å². The Kier molecular flexibility index (Phi) is 3.59. The molecule has 3 aromatic rings. The lowest BCUT2D eigenvalue weighted by Crippen LogP contribution is -2.01. The SMILES string of the molecule is COc1cccc(-c2cc(=O)c3cc(C)ccc3o2)c1OC. The standard InChI is InChI=1S/C18H16O4/c1-11-7-8-15-13(9-11)14(19)10-17(22-15)12-5-4-6-16(20-2)18(12)21-3/h4-10H,1-3H3. The summed E-state index contributed by atoms with van der Waals surface area (Å²) >= 11 is 0. The van der Waals surface area contributed by atoms with E-state index in [2.05, 4.69) is 0 Å². The average Bonchev–Trinajstić information content (AvgIpc) is 2.54. The monoisotopic (exact) mass is 296 g/mol. The van der Waals surface area contributed by atoms with E-state index in [0.717, 1.165) is 5.56 Å². The Morgan fingerprint density at radius 2 is 1.82 bits per heavy atom. The van der Waals surface area contributed by atoms with Crippen LogP contribution in [0.1, 0.15) is 5.56 Å². The summed E-state index contributed by atoms with van der Waals surface area (Å²) in [6.45, 7) is 1.94. The summed E-state index contributed by atoms with van der Waals surface area (Å²) in [7, 11) is 3.13. The van der Waals surface area contributed by atoms with Crippen LogP contribution >= 0.6 is 0 Å². The maximum atomic E-state index is 12.3. The molecule has 2 aromatic carbocycles. The topological polar surface area (TPSA) is 48.7 Å². The molecule has 0 radical (unpaired) electrons. The summed E-state index contributed by atoms with van der Waals surface area (Å²) in [5, 5.41) is 0.575. The van der Waals surface area contributed by atoms with Crippen molar-refractivity contribution in [3.8, 4) is 22.8 Å². The Morgan fingerprint density at radius 3 is 2.55 bits per heavy atom. The fourth-order valence-electron chi connectivity index (χ4n) is 2.48. The number of hydrogen-bond acceptors (Lipinski definition) is 4. The Balaban J connectivity index is 2.28. The largest absolute Gasteiger partial charge is 0.493 e. The number of aryl methyl sites for hydroxylation is 1. The van der Waals surface area contributed by atoms with Gasteiger partial charge in [-0.05, 0) is 31.2 Å². The molecule has 4 heteroatoms. The van der Waals surface area contributed by atoms with Crippen LogP contribution in [-0.2, 0) is 0 Å². The van der Waals surface area contributed by atoms with Gasteiger partial charge in [0.2, 0.25) is 0 Å². The van der Waals surface area contributed by atoms with Crippen molar-refractivity contribution in [2.45, 2.75) is 6.92 Å². The van der Waals surface area contributed by atoms with E-state index >= 15 is 0 Å². The molecule has 0 aliphatic heterocycles. The first kappa shape index (κ1) is 14.2. The quantitative estimate of drug-likeness (QED) is 0.738. The smallest absolute Gasteiger partial charge is 0.193 e. The zero-order valence-electron chi connectivity index (χ0n) is 12.7. The average molecular weight is 296 g/mol. The minimum absolute atomic E-state index is 0.0789. The highest BCUT2D eigenvalue weighted by molar-refractivity contribution is 5.80. The van der Waals surface area contributed by atoms with Gasteiger partial charge in [0.1, 0.15) is 11.3 Å². The summed E-state index contributed by atoms with van der Waals surface area (Å²) in [5.74, 6) is 1.59. The van der Waals surface area contributed by atoms with Gasteiger partial charge in [-0.15, -0.1) is 0 Å². The van der Waals surface area contributed by atoms with Gasteiger partial charge < -0.3 is 13.9 Å². The van der Waals surface area contributed by atoms with Crippen molar-refractivity contribution < 1.29 is 13.9 Å². The second-order valence-corrected chi connectivity index (χ2v) is 5.02. The molecule has 1 aromatic heterocycles. The van der Waals surface area contributed by atoms with Crippen LogP contribution < -0.4 is 14.9 Å². The van der Waals surface area contributed by atoms with Crippen LogP contribution in [0.25, 0.3) is 22.3 Å². The predicted octanol–water partition coefficient (Wildman–Crippen LogP) is 3.79. The molecule has 0 saturated carbocycles. The Hall–Kier alpha value is -2.75. The summed E-state index contributed by atoms with van der Waals surface area (Å²) in [6, 6.07) is 12.5. The maximum Gasteiger partial charge on any atom is 0.193 e. The van der Waals surface area contributed by atoms with Gasteiger partial charge in [-0.2, -0.15) is 0 Å². The van der Waals surface area contributed by atoms with Gasteiger partial charge in [0.25, 0.3) is 0 Å². The van der Waals surface area contributed by atoms with Crippen LogP contribution in [0, 0.1) is 6.92 Å². The third-order valence-electron chi connectivity index (χ3n) is 3.55. The van der Waals surface area contributed by atoms with Crippen LogP contribution in [0.2, 0.25) is 0 Å². The second kappa shape index (κ2) is 5.56. The molecule has 0 amide bonds. The molecular weight excluding hydrogens is 280 g/mol. The van der Waals surface area contributed by atoms with E-state index in [0.29, 0.717) is 33.8 Å². The van der Waals surface area contributed by atoms with Crippen molar-refractivity contribution in [3.05, 3.63) is 58.3 Å². The lowest BCUT2D eigenvalue weighted by atomic mass is 10.1. The fraction of sp³-hybridized carbons (Fsp3) is 0.167. The third kappa shape index (κ3) is 2.33. The van der Waals surface area contributed by atoms with Gasteiger partial charge in [0, 0.05) is 6.07 Å². The highest BCUT2D eigenvalue weighted by Crippen LogP contribution is 2.38. The maximum absolute atomic E-state index is 12.3. The number of rotatable bonds is 3. The van der Waals surface area contributed by atoms with Gasteiger partial charge in [-0.1, -0.05) is 17.7 Å². The lowest BCUT2D eigenvalue weighted by molar-refractivity contribution is 0.355. The molecule has 112 valence electrons. The number of benzene rings is 2. The van der Waals surface area contributed by atoms with Gasteiger partial charge >= 0.3 is 0 Å². The molecule has 1 heterocycles. The fourth-order valence-corrected chi connectivity index (χ4v) is 2.48. The van der Waals surface area contributed by atoms with Crippen LogP contribution in [0.5, 0.6) is 11.5 Å². The summed E-state index contributed by atoms with van der Waals surface area (Å²) in [4.78, 5) is 12.3. The first-order chi connectivity index (χ1) is 10.6. The zero-order chi connectivity index (χ0) is 15.7. The van der Waals surface area contributed by atoms with Crippen LogP contribution in [0.3, 0.4) is 0 Å². The minimum atomic E-state index is -0.0789. The Bertz CT molecular complexity index is 893. The molecular formula is C18H16O4. The molecule has 0 spiro atoms. The van der Waals surface area contributed by atoms with Crippen molar-refractivity contribution in [2.75, 3.05) is 14.2 Å². The molecule has 0 bridgehead atoms. The van der Waals surface area contributed by atoms with E-state index in [-0.39, 0.29) is 5.43 Å². The number of hydrogen-bond donors (Lipinski definition) is 0. The third-order valence-corrected chi connectivity index (χ3v) is 3.55. The van der Waals surface area contributed by atoms with Crippen LogP contribution in [0.15, 0.2) is 51.7 Å². The number of para-hydroxylation sites is 1. The lowest BCUT2D eigenvalue weighted by Gasteiger charge is -2.12. The molecule has 0 unspecified atom stereocenters. The Labute approximate surface area is 127 Å². The van der Waals surface area contributed by atoms with E-state index in [1.807, 2.05) is 37.3 Å². The van der Waals surface area contributed by atoms with Crippen molar-refractivity contribution in [3.63, 3.8) is 0 Å². The zero-order valence-corrected chi connectivity index (χ0v) is 12.7. The summed E-state index contributed by atoms with van der Waals surface area (Å²) in [5.41, 5.74) is 2.18. The molecule has 0 fully saturated rings. The highest BCUT2D eigenvalue weighted by Gasteiger charge is 2.15. The van der Waals surface area contributed by atoms with Gasteiger partial charge in [0.05, 0.1) is 25.2 Å². The van der Waals surface area contributed by atoms with E-state index < -0.39 is 0 Å². The predicted molar refractivity (Wildman–Crippen MR) is 85.8 cm³/mol. The van der Waals surface area contributed by atoms with Crippen LogP contribution in [-0.4, -0.2) is 14.2 Å². The van der Waals surface area contributed by atoms with Crippen molar-refractivity contribution in [1.82, 2.24) is 0 Å². The summed E-state index contributed by atoms with van der Waals surface area (Å²) in [6.07, 6.45) is 0. The number of ether oxygens (including phenoxy) is 2. The first-order valence-electron chi connectivity index (χ1n) is 6.90. The van der Waals surface area contributed by atoms with E-state index in [9.17, 15) is 4.79 Å². The number of fused-ring (bicyclic) bond motifs is 1. The molecule has 0 saturated heterocycles. The minimum Gasteiger partial charge on any atom is -0.493 e. The molecule has 0 aliphatic carbocycles. The number of methoxy groups -OCH3 is 2. The van der Waals surface area contributed by atoms with Crippen molar-refractivity contribution in [1.29, 1.82) is 0 Å². The molecule has 22 heavy (non-hydrogen) atoms. The molecule has 3 rings (SSSR count). The van der Waals surface area contributed by atoms with E-state index in [1.165, 1.54) is 6.07 Å². The van der Waals surface area contributed by atoms with Crippen molar-refractivity contribution >= 4 is 11.0 Å². The summed E-state index contributed by atoms with van der Waals surface area (Å²) < 4.78 is 16.6. The molecule has 0 atom stereocenters. The van der Waals surface area contributed by atoms with Crippen LogP contribution in [0.4, 0.5) is 0 Å². The molecule has 4 nitrogen and oxygen atoms in total. The highest BCUT2D eigenvalue weighted by atomic mass is 16.5. The van der Waals surface area contributed by atoms with Gasteiger partial charge in [0.15, 0.2) is 16.9 Å². The van der Waals surface area contributed by atoms with Crippen molar-refractivity contribution in [2.24, 2.45) is 0 Å².